The van der Waals surface area contributed by atoms with Crippen LogP contribution >= 0.6 is 11.8 Å². The Balaban J connectivity index is 0.00000768. The van der Waals surface area contributed by atoms with Crippen LogP contribution in [0.2, 0.25) is 0 Å². The van der Waals surface area contributed by atoms with Gasteiger partial charge in [-0.05, 0) is 44.0 Å². The number of nitrogens with zero attached hydrogens (tertiary/aromatic N) is 2. The van der Waals surface area contributed by atoms with Crippen molar-refractivity contribution >= 4 is 23.8 Å². The van der Waals surface area contributed by atoms with E-state index in [0.29, 0.717) is 16.6 Å². The molecule has 0 N–H and O–H groups in total. The number of carbonyl (C=O) groups excluding carboxylic acids is 2. The van der Waals surface area contributed by atoms with Gasteiger partial charge < -0.3 is 26.6 Å². The quantitative estimate of drug-likeness (QED) is 0.0972. The van der Waals surface area contributed by atoms with Gasteiger partial charge in [0.2, 0.25) is 5.69 Å². The minimum absolute atomic E-state index is 0. The Morgan fingerprint density at radius 2 is 1.38 bits per heavy atom. The minimum Gasteiger partial charge on any atom is -1.00 e. The van der Waals surface area contributed by atoms with Crippen molar-refractivity contribution in [3.8, 4) is 5.75 Å². The van der Waals surface area contributed by atoms with E-state index in [-0.39, 0.29) is 30.8 Å². The van der Waals surface area contributed by atoms with Gasteiger partial charge in [0.25, 0.3) is 5.91 Å². The Hall–Kier alpha value is -2.29. The highest BCUT2D eigenvalue weighted by Crippen LogP contribution is 2.37. The number of carbonyl (C=O) groups is 2. The predicted molar refractivity (Wildman–Crippen MR) is 187 cm³/mol. The first-order valence-electron chi connectivity index (χ1n) is 17.9. The lowest BCUT2D eigenvalue weighted by Gasteiger charge is -2.34. The van der Waals surface area contributed by atoms with Crippen LogP contribution in [0.4, 0.5) is 4.79 Å². The lowest BCUT2D eigenvalue weighted by atomic mass is 10.0. The predicted octanol–water partition coefficient (Wildman–Crippen LogP) is 6.16. The van der Waals surface area contributed by atoms with Gasteiger partial charge in [-0.25, -0.2) is 14.3 Å². The maximum Gasteiger partial charge on any atom is 0.417 e. The number of unbranched alkanes of at least 4 members (excludes halogenated alkanes) is 13. The maximum atomic E-state index is 13.5. The molecule has 1 aromatic carbocycles. The highest BCUT2D eigenvalue weighted by atomic mass is 35.5. The molecule has 2 aromatic rings. The highest BCUT2D eigenvalue weighted by molar-refractivity contribution is 8.01. The van der Waals surface area contributed by atoms with Crippen molar-refractivity contribution in [1.29, 1.82) is 0 Å². The maximum absolute atomic E-state index is 13.5. The topological polar surface area (TPSA) is 69.0 Å². The van der Waals surface area contributed by atoms with Crippen molar-refractivity contribution < 1.29 is 40.8 Å². The Labute approximate surface area is 294 Å². The number of pyridine rings is 1. The molecular formula is C38H59ClN2O5S. The van der Waals surface area contributed by atoms with E-state index < -0.39 is 12.0 Å². The fourth-order valence-electron chi connectivity index (χ4n) is 5.86. The zero-order valence-electron chi connectivity index (χ0n) is 29.1. The standard InChI is InChI=1S/C38H59N2O5S.ClH/c1-4-6-7-8-9-10-11-12-13-14-15-16-17-20-27-44-30-35-28-36(46-35)31-45-38(42)40(29-33-21-18-19-26-39(33)5-2)37(41)32-22-24-34(43-3)25-23-32;/h18-19,21-26,35-36H,4-17,20,27-31H2,1-3H3;1H/q+1;/p-1/t35-,36-;/m0./s1. The molecule has 47 heavy (non-hydrogen) atoms. The summed E-state index contributed by atoms with van der Waals surface area (Å²) in [6.07, 6.45) is 21.3. The number of benzene rings is 1. The van der Waals surface area contributed by atoms with E-state index in [1.54, 1.807) is 31.4 Å². The van der Waals surface area contributed by atoms with Crippen LogP contribution in [0, 0.1) is 0 Å². The van der Waals surface area contributed by atoms with E-state index in [1.165, 1.54) is 88.4 Å². The van der Waals surface area contributed by atoms with Gasteiger partial charge in [0, 0.05) is 34.8 Å². The van der Waals surface area contributed by atoms with E-state index in [2.05, 4.69) is 6.92 Å². The molecule has 0 bridgehead atoms. The van der Waals surface area contributed by atoms with Crippen LogP contribution in [0.5, 0.6) is 5.75 Å². The van der Waals surface area contributed by atoms with Crippen molar-refractivity contribution in [2.75, 3.05) is 26.9 Å². The van der Waals surface area contributed by atoms with E-state index in [0.717, 1.165) is 38.3 Å². The number of imide groups is 1. The van der Waals surface area contributed by atoms with E-state index in [9.17, 15) is 9.59 Å². The normalized spacial score (nSPS) is 15.4. The molecule has 0 radical (unpaired) electrons. The molecule has 1 aliphatic heterocycles. The number of amides is 2. The van der Waals surface area contributed by atoms with Crippen molar-refractivity contribution in [3.63, 3.8) is 0 Å². The second-order valence-electron chi connectivity index (χ2n) is 12.5. The number of halogens is 1. The summed E-state index contributed by atoms with van der Waals surface area (Å²) in [5.74, 6) is 0.257. The minimum atomic E-state index is -0.620. The summed E-state index contributed by atoms with van der Waals surface area (Å²) < 4.78 is 18.9. The summed E-state index contributed by atoms with van der Waals surface area (Å²) in [5, 5.41) is 0.675. The number of methoxy groups -OCH3 is 1. The third kappa shape index (κ3) is 15.6. The largest absolute Gasteiger partial charge is 1.00 e. The summed E-state index contributed by atoms with van der Waals surface area (Å²) in [7, 11) is 1.58. The van der Waals surface area contributed by atoms with Crippen LogP contribution in [0.25, 0.3) is 0 Å². The molecule has 0 unspecified atom stereocenters. The van der Waals surface area contributed by atoms with Gasteiger partial charge in [0.05, 0.1) is 13.7 Å². The molecule has 2 amide bonds. The Morgan fingerprint density at radius 1 is 0.809 bits per heavy atom. The molecule has 0 spiro atoms. The van der Waals surface area contributed by atoms with Crippen LogP contribution in [0.3, 0.4) is 0 Å². The smallest absolute Gasteiger partial charge is 0.417 e. The van der Waals surface area contributed by atoms with Gasteiger partial charge in [-0.2, -0.15) is 0 Å². The lowest BCUT2D eigenvalue weighted by Crippen LogP contribution is -3.00. The Morgan fingerprint density at radius 3 is 1.96 bits per heavy atom. The van der Waals surface area contributed by atoms with Gasteiger partial charge in [-0.3, -0.25) is 4.79 Å². The summed E-state index contributed by atoms with van der Waals surface area (Å²) in [6, 6.07) is 12.6. The SMILES string of the molecule is CCCCCCCCCCCCCCCCOC[C@@H]1C[C@@H](COC(=O)N(Cc2cccc[n+]2CC)C(=O)c2ccc(OC)cc2)S1.[Cl-]. The number of hydrogen-bond donors (Lipinski definition) is 0. The van der Waals surface area contributed by atoms with Crippen molar-refractivity contribution in [1.82, 2.24) is 4.90 Å². The molecule has 0 saturated carbocycles. The highest BCUT2D eigenvalue weighted by Gasteiger charge is 2.33. The zero-order valence-corrected chi connectivity index (χ0v) is 30.7. The average molecular weight is 691 g/mol. The van der Waals surface area contributed by atoms with Gasteiger partial charge >= 0.3 is 6.09 Å². The van der Waals surface area contributed by atoms with Gasteiger partial charge in [0.15, 0.2) is 6.20 Å². The number of rotatable bonds is 24. The van der Waals surface area contributed by atoms with Crippen molar-refractivity contribution in [3.05, 3.63) is 59.9 Å². The molecule has 2 heterocycles. The monoisotopic (exact) mass is 690 g/mol. The number of aromatic nitrogens is 1. The molecule has 7 nitrogen and oxygen atoms in total. The van der Waals surface area contributed by atoms with E-state index in [1.807, 2.05) is 47.6 Å². The first-order valence-corrected chi connectivity index (χ1v) is 18.8. The molecular weight excluding hydrogens is 632 g/mol. The summed E-state index contributed by atoms with van der Waals surface area (Å²) in [4.78, 5) is 27.9. The van der Waals surface area contributed by atoms with Gasteiger partial charge in [-0.1, -0.05) is 96.5 Å². The molecule has 0 aliphatic carbocycles. The molecule has 264 valence electrons. The Bertz CT molecular complexity index is 1130. The number of aryl methyl sites for hydroxylation is 1. The summed E-state index contributed by atoms with van der Waals surface area (Å²) >= 11 is 1.81. The fourth-order valence-corrected chi connectivity index (χ4v) is 7.05. The number of hydrogen-bond acceptors (Lipinski definition) is 6. The summed E-state index contributed by atoms with van der Waals surface area (Å²) in [6.45, 7) is 7.04. The van der Waals surface area contributed by atoms with Crippen molar-refractivity contribution in [2.45, 2.75) is 134 Å². The van der Waals surface area contributed by atoms with Crippen molar-refractivity contribution in [2.24, 2.45) is 0 Å². The molecule has 1 fully saturated rings. The average Bonchev–Trinajstić information content (AvgIpc) is 3.07. The molecule has 1 saturated heterocycles. The first kappa shape index (κ1) is 40.9. The molecule has 3 rings (SSSR count). The Kier molecular flexibility index (Phi) is 21.6. The second-order valence-corrected chi connectivity index (χ2v) is 14.1. The van der Waals surface area contributed by atoms with Crippen LogP contribution in [0.15, 0.2) is 48.7 Å². The van der Waals surface area contributed by atoms with Crippen LogP contribution < -0.4 is 21.7 Å². The molecule has 2 atom stereocenters. The lowest BCUT2D eigenvalue weighted by molar-refractivity contribution is -0.701. The third-order valence-corrected chi connectivity index (χ3v) is 10.2. The van der Waals surface area contributed by atoms with E-state index >= 15 is 0 Å². The van der Waals surface area contributed by atoms with Crippen LogP contribution in [-0.4, -0.2) is 54.3 Å². The fraction of sp³-hybridized carbons (Fsp3) is 0.658. The van der Waals surface area contributed by atoms with E-state index in [4.69, 9.17) is 14.2 Å². The zero-order chi connectivity index (χ0) is 32.8. The number of thioether (sulfide) groups is 1. The second kappa shape index (κ2) is 24.8. The third-order valence-electron chi connectivity index (χ3n) is 8.75. The summed E-state index contributed by atoms with van der Waals surface area (Å²) in [5.41, 5.74) is 1.27. The van der Waals surface area contributed by atoms with Gasteiger partial charge in [0.1, 0.15) is 25.4 Å². The molecule has 1 aromatic heterocycles. The molecule has 9 heteroatoms. The number of ether oxygens (including phenoxy) is 3. The van der Waals surface area contributed by atoms with Crippen LogP contribution in [-0.2, 0) is 22.6 Å². The van der Waals surface area contributed by atoms with Gasteiger partial charge in [-0.15, -0.1) is 11.8 Å². The first-order chi connectivity index (χ1) is 22.5. The molecule has 1 aliphatic rings. The van der Waals surface area contributed by atoms with Crippen LogP contribution in [0.1, 0.15) is 126 Å².